The lowest BCUT2D eigenvalue weighted by Crippen LogP contribution is -2.34. The number of benzene rings is 1. The molecule has 0 saturated carbocycles. The van der Waals surface area contributed by atoms with Gasteiger partial charge in [-0.3, -0.25) is 9.59 Å². The van der Waals surface area contributed by atoms with Crippen LogP contribution in [0.15, 0.2) is 29.2 Å². The largest absolute Gasteiger partial charge is 0.355 e. The van der Waals surface area contributed by atoms with E-state index in [-0.39, 0.29) is 11.8 Å². The van der Waals surface area contributed by atoms with Crippen molar-refractivity contribution in [2.75, 3.05) is 18.8 Å². The van der Waals surface area contributed by atoms with Crippen molar-refractivity contribution in [2.45, 2.75) is 18.7 Å². The van der Waals surface area contributed by atoms with Crippen LogP contribution >= 0.6 is 11.8 Å². The molecule has 0 saturated heterocycles. The highest BCUT2D eigenvalue weighted by Crippen LogP contribution is 2.17. The molecule has 0 heterocycles. The van der Waals surface area contributed by atoms with Gasteiger partial charge in [0.25, 0.3) is 0 Å². The quantitative estimate of drug-likeness (QED) is 0.603. The highest BCUT2D eigenvalue weighted by Gasteiger charge is 2.02. The van der Waals surface area contributed by atoms with Gasteiger partial charge in [0.05, 0.1) is 5.75 Å². The van der Waals surface area contributed by atoms with Crippen LogP contribution in [-0.4, -0.2) is 30.7 Å². The van der Waals surface area contributed by atoms with Gasteiger partial charge in [0.15, 0.2) is 0 Å². The van der Waals surface area contributed by atoms with Crippen molar-refractivity contribution >= 4 is 23.6 Å². The zero-order valence-electron chi connectivity index (χ0n) is 10.7. The van der Waals surface area contributed by atoms with Gasteiger partial charge in [-0.05, 0) is 19.1 Å². The van der Waals surface area contributed by atoms with Gasteiger partial charge in [0.2, 0.25) is 11.8 Å². The summed E-state index contributed by atoms with van der Waals surface area (Å²) in [6.07, 6.45) is 0. The van der Waals surface area contributed by atoms with Crippen LogP contribution in [-0.2, 0) is 9.59 Å². The SMILES string of the molecule is CC(=O)NCCNC(=O)CSc1ccc(C)cc1. The molecule has 0 aliphatic carbocycles. The molecule has 1 rings (SSSR count). The number of nitrogens with one attached hydrogen (secondary N) is 2. The molecule has 5 heteroatoms. The summed E-state index contributed by atoms with van der Waals surface area (Å²) in [5.74, 6) is 0.285. The van der Waals surface area contributed by atoms with Crippen LogP contribution in [0.1, 0.15) is 12.5 Å². The third kappa shape index (κ3) is 6.30. The van der Waals surface area contributed by atoms with Crippen LogP contribution in [0.25, 0.3) is 0 Å². The first-order valence-corrected chi connectivity index (χ1v) is 6.77. The molecule has 1 aromatic carbocycles. The number of hydrogen-bond donors (Lipinski definition) is 2. The van der Waals surface area contributed by atoms with E-state index < -0.39 is 0 Å². The summed E-state index contributed by atoms with van der Waals surface area (Å²) in [4.78, 5) is 23.2. The molecule has 0 spiro atoms. The molecule has 1 aromatic rings. The number of rotatable bonds is 6. The third-order valence-electron chi connectivity index (χ3n) is 2.21. The maximum atomic E-state index is 11.5. The van der Waals surface area contributed by atoms with E-state index in [4.69, 9.17) is 0 Å². The second-order valence-corrected chi connectivity index (χ2v) is 4.98. The summed E-state index contributed by atoms with van der Waals surface area (Å²) in [5.41, 5.74) is 1.21. The molecule has 0 atom stereocenters. The van der Waals surface area contributed by atoms with E-state index >= 15 is 0 Å². The Hall–Kier alpha value is -1.49. The van der Waals surface area contributed by atoms with Gasteiger partial charge in [-0.25, -0.2) is 0 Å². The van der Waals surface area contributed by atoms with E-state index in [2.05, 4.69) is 10.6 Å². The smallest absolute Gasteiger partial charge is 0.230 e. The molecule has 2 N–H and O–H groups in total. The number of carbonyl (C=O) groups is 2. The molecule has 0 aliphatic heterocycles. The highest BCUT2D eigenvalue weighted by atomic mass is 32.2. The fourth-order valence-electron chi connectivity index (χ4n) is 1.27. The van der Waals surface area contributed by atoms with Crippen molar-refractivity contribution in [1.82, 2.24) is 10.6 Å². The van der Waals surface area contributed by atoms with Gasteiger partial charge in [0.1, 0.15) is 0 Å². The molecule has 18 heavy (non-hydrogen) atoms. The minimum atomic E-state index is -0.0849. The second-order valence-electron chi connectivity index (χ2n) is 3.93. The summed E-state index contributed by atoms with van der Waals surface area (Å²) in [7, 11) is 0. The lowest BCUT2D eigenvalue weighted by atomic mass is 10.2. The standard InChI is InChI=1S/C13H18N2O2S/c1-10-3-5-12(6-4-10)18-9-13(17)15-8-7-14-11(2)16/h3-6H,7-9H2,1-2H3,(H,14,16)(H,15,17). The van der Waals surface area contributed by atoms with Crippen molar-refractivity contribution in [2.24, 2.45) is 0 Å². The van der Waals surface area contributed by atoms with Crippen LogP contribution in [0.2, 0.25) is 0 Å². The first kappa shape index (κ1) is 14.6. The van der Waals surface area contributed by atoms with Gasteiger partial charge >= 0.3 is 0 Å². The number of carbonyl (C=O) groups excluding carboxylic acids is 2. The average molecular weight is 266 g/mol. The van der Waals surface area contributed by atoms with E-state index in [1.54, 1.807) is 0 Å². The lowest BCUT2D eigenvalue weighted by Gasteiger charge is -2.05. The van der Waals surface area contributed by atoms with Gasteiger partial charge in [-0.2, -0.15) is 0 Å². The van der Waals surface area contributed by atoms with Crippen molar-refractivity contribution in [1.29, 1.82) is 0 Å². The van der Waals surface area contributed by atoms with Crippen molar-refractivity contribution < 1.29 is 9.59 Å². The molecule has 0 fully saturated rings. The fraction of sp³-hybridized carbons (Fsp3) is 0.385. The first-order valence-electron chi connectivity index (χ1n) is 5.78. The number of amides is 2. The van der Waals surface area contributed by atoms with Crippen LogP contribution in [0.3, 0.4) is 0 Å². The van der Waals surface area contributed by atoms with Crippen LogP contribution < -0.4 is 10.6 Å². The Morgan fingerprint density at radius 1 is 1.11 bits per heavy atom. The molecule has 98 valence electrons. The van der Waals surface area contributed by atoms with E-state index in [0.29, 0.717) is 18.8 Å². The fourth-order valence-corrected chi connectivity index (χ4v) is 2.00. The number of thioether (sulfide) groups is 1. The summed E-state index contributed by atoms with van der Waals surface area (Å²) in [6.45, 7) is 4.42. The highest BCUT2D eigenvalue weighted by molar-refractivity contribution is 8.00. The molecule has 0 unspecified atom stereocenters. The van der Waals surface area contributed by atoms with Crippen molar-refractivity contribution in [3.05, 3.63) is 29.8 Å². The molecular formula is C13H18N2O2S. The van der Waals surface area contributed by atoms with Gasteiger partial charge in [0, 0.05) is 24.9 Å². The minimum Gasteiger partial charge on any atom is -0.355 e. The monoisotopic (exact) mass is 266 g/mol. The summed E-state index contributed by atoms with van der Waals surface area (Å²) in [6, 6.07) is 8.06. The zero-order valence-corrected chi connectivity index (χ0v) is 11.5. The number of aryl methyl sites for hydroxylation is 1. The molecule has 2 amide bonds. The Morgan fingerprint density at radius 2 is 1.72 bits per heavy atom. The molecule has 0 aromatic heterocycles. The maximum absolute atomic E-state index is 11.5. The van der Waals surface area contributed by atoms with Gasteiger partial charge < -0.3 is 10.6 Å². The Balaban J connectivity index is 2.17. The lowest BCUT2D eigenvalue weighted by molar-refractivity contribution is -0.120. The zero-order chi connectivity index (χ0) is 13.4. The molecule has 0 aliphatic rings. The van der Waals surface area contributed by atoms with Crippen LogP contribution in [0.4, 0.5) is 0 Å². The average Bonchev–Trinajstić information content (AvgIpc) is 2.34. The summed E-state index contributed by atoms with van der Waals surface area (Å²) >= 11 is 1.50. The van der Waals surface area contributed by atoms with E-state index in [0.717, 1.165) is 4.90 Å². The van der Waals surface area contributed by atoms with E-state index in [9.17, 15) is 9.59 Å². The Kier molecular flexibility index (Phi) is 6.28. The molecule has 0 radical (unpaired) electrons. The van der Waals surface area contributed by atoms with E-state index in [1.165, 1.54) is 24.2 Å². The van der Waals surface area contributed by atoms with Gasteiger partial charge in [-0.15, -0.1) is 11.8 Å². The molecular weight excluding hydrogens is 248 g/mol. The van der Waals surface area contributed by atoms with Crippen LogP contribution in [0.5, 0.6) is 0 Å². The normalized spacial score (nSPS) is 9.89. The predicted molar refractivity (Wildman–Crippen MR) is 73.6 cm³/mol. The van der Waals surface area contributed by atoms with Crippen LogP contribution in [0, 0.1) is 6.92 Å². The molecule has 4 nitrogen and oxygen atoms in total. The maximum Gasteiger partial charge on any atom is 0.230 e. The first-order chi connectivity index (χ1) is 8.58. The second kappa shape index (κ2) is 7.76. The topological polar surface area (TPSA) is 58.2 Å². The Labute approximate surface area is 112 Å². The molecule has 0 bridgehead atoms. The summed E-state index contributed by atoms with van der Waals surface area (Å²) < 4.78 is 0. The van der Waals surface area contributed by atoms with Gasteiger partial charge in [-0.1, -0.05) is 17.7 Å². The third-order valence-corrected chi connectivity index (χ3v) is 3.22. The Morgan fingerprint density at radius 3 is 2.33 bits per heavy atom. The van der Waals surface area contributed by atoms with Crippen molar-refractivity contribution in [3.63, 3.8) is 0 Å². The van der Waals surface area contributed by atoms with E-state index in [1.807, 2.05) is 31.2 Å². The van der Waals surface area contributed by atoms with Crippen molar-refractivity contribution in [3.8, 4) is 0 Å². The Bertz CT molecular complexity index is 404. The summed E-state index contributed by atoms with van der Waals surface area (Å²) in [5, 5.41) is 5.37. The minimum absolute atomic E-state index is 0.0223. The number of hydrogen-bond acceptors (Lipinski definition) is 3. The predicted octanol–water partition coefficient (Wildman–Crippen LogP) is 1.34.